The number of carboxylic acid groups (broad SMARTS) is 1. The van der Waals surface area contributed by atoms with Gasteiger partial charge in [-0.2, -0.15) is 0 Å². The summed E-state index contributed by atoms with van der Waals surface area (Å²) in [7, 11) is 3.22. The summed E-state index contributed by atoms with van der Waals surface area (Å²) in [4.78, 5) is 26.4. The Hall–Kier alpha value is -4.40. The average molecular weight is 494 g/mol. The summed E-state index contributed by atoms with van der Waals surface area (Å²) in [6.45, 7) is -0.195. The highest BCUT2D eigenvalue weighted by Gasteiger charge is 2.17. The van der Waals surface area contributed by atoms with E-state index in [4.69, 9.17) is 9.15 Å². The number of aliphatic carboxylic acids is 1. The van der Waals surface area contributed by atoms with Gasteiger partial charge in [-0.15, -0.1) is 0 Å². The number of hydrogen-bond donors (Lipinski definition) is 1. The molecular weight excluding hydrogens is 470 g/mol. The predicted molar refractivity (Wildman–Crippen MR) is 131 cm³/mol. The molecule has 1 heterocycles. The standard InChI is InChI=1S/C27H24F2N2O5/c1-30(2)24(32)14-31(15-25(33)34)19-5-3-4-17(12-19)16-36-20-8-6-18(7-9-20)22-13-23(28)26(29)21-10-11-35-27(21)22/h3-13H,14-16H2,1-2H3,(H,33,34). The van der Waals surface area contributed by atoms with Crippen molar-refractivity contribution in [2.24, 2.45) is 0 Å². The van der Waals surface area contributed by atoms with Crippen LogP contribution in [0.3, 0.4) is 0 Å². The quantitative estimate of drug-likeness (QED) is 0.355. The van der Waals surface area contributed by atoms with Crippen LogP contribution in [-0.2, 0) is 16.2 Å². The van der Waals surface area contributed by atoms with Crippen molar-refractivity contribution in [2.75, 3.05) is 32.1 Å². The number of nitrogens with zero attached hydrogens (tertiary/aromatic N) is 2. The number of amides is 1. The number of ether oxygens (including phenoxy) is 1. The molecule has 36 heavy (non-hydrogen) atoms. The molecule has 4 aromatic rings. The molecule has 7 nitrogen and oxygen atoms in total. The molecule has 0 aliphatic rings. The minimum absolute atomic E-state index is 0.0714. The molecule has 0 saturated heterocycles. The molecule has 0 bridgehead atoms. The summed E-state index contributed by atoms with van der Waals surface area (Å²) in [6, 6.07) is 16.5. The zero-order chi connectivity index (χ0) is 25.8. The monoisotopic (exact) mass is 494 g/mol. The molecular formula is C27H24F2N2O5. The summed E-state index contributed by atoms with van der Waals surface area (Å²) < 4.78 is 39.2. The Kier molecular flexibility index (Phi) is 7.19. The van der Waals surface area contributed by atoms with Crippen LogP contribution >= 0.6 is 0 Å². The Morgan fingerprint density at radius 2 is 1.75 bits per heavy atom. The lowest BCUT2D eigenvalue weighted by atomic mass is 10.0. The van der Waals surface area contributed by atoms with E-state index >= 15 is 0 Å². The van der Waals surface area contributed by atoms with Gasteiger partial charge in [-0.05, 0) is 47.5 Å². The lowest BCUT2D eigenvalue weighted by Gasteiger charge is -2.24. The van der Waals surface area contributed by atoms with Gasteiger partial charge in [0.25, 0.3) is 0 Å². The van der Waals surface area contributed by atoms with Gasteiger partial charge in [-0.3, -0.25) is 9.59 Å². The Morgan fingerprint density at radius 3 is 2.44 bits per heavy atom. The van der Waals surface area contributed by atoms with Gasteiger partial charge >= 0.3 is 5.97 Å². The molecule has 0 fully saturated rings. The summed E-state index contributed by atoms with van der Waals surface area (Å²) in [5.74, 6) is -2.62. The van der Waals surface area contributed by atoms with Crippen LogP contribution in [0.4, 0.5) is 14.5 Å². The summed E-state index contributed by atoms with van der Waals surface area (Å²) >= 11 is 0. The van der Waals surface area contributed by atoms with Crippen molar-refractivity contribution in [3.05, 3.63) is 84.1 Å². The molecule has 0 aliphatic heterocycles. The first-order valence-corrected chi connectivity index (χ1v) is 11.1. The Balaban J connectivity index is 1.48. The summed E-state index contributed by atoms with van der Waals surface area (Å²) in [5.41, 5.74) is 2.70. The van der Waals surface area contributed by atoms with Crippen LogP contribution in [0.25, 0.3) is 22.1 Å². The van der Waals surface area contributed by atoms with Gasteiger partial charge in [0, 0.05) is 25.3 Å². The van der Waals surface area contributed by atoms with Crippen LogP contribution in [0.5, 0.6) is 5.75 Å². The molecule has 0 radical (unpaired) electrons. The smallest absolute Gasteiger partial charge is 0.323 e. The molecule has 9 heteroatoms. The second kappa shape index (κ2) is 10.5. The van der Waals surface area contributed by atoms with Gasteiger partial charge in [0.2, 0.25) is 5.91 Å². The van der Waals surface area contributed by atoms with Crippen LogP contribution in [0.2, 0.25) is 0 Å². The fourth-order valence-corrected chi connectivity index (χ4v) is 3.74. The predicted octanol–water partition coefficient (Wildman–Crippen LogP) is 4.94. The van der Waals surface area contributed by atoms with E-state index in [-0.39, 0.29) is 36.6 Å². The maximum absolute atomic E-state index is 14.0. The van der Waals surface area contributed by atoms with E-state index in [0.717, 1.165) is 11.6 Å². The molecule has 0 spiro atoms. The van der Waals surface area contributed by atoms with Crippen molar-refractivity contribution in [3.63, 3.8) is 0 Å². The number of hydrogen-bond acceptors (Lipinski definition) is 5. The molecule has 0 aliphatic carbocycles. The second-order valence-electron chi connectivity index (χ2n) is 8.40. The fourth-order valence-electron chi connectivity index (χ4n) is 3.74. The Bertz CT molecular complexity index is 1400. The minimum Gasteiger partial charge on any atom is -0.489 e. The molecule has 1 aromatic heterocycles. The van der Waals surface area contributed by atoms with Gasteiger partial charge in [0.05, 0.1) is 18.2 Å². The zero-order valence-electron chi connectivity index (χ0n) is 19.7. The third-order valence-electron chi connectivity index (χ3n) is 5.62. The number of carbonyl (C=O) groups excluding carboxylic acids is 1. The highest BCUT2D eigenvalue weighted by Crippen LogP contribution is 2.33. The van der Waals surface area contributed by atoms with E-state index < -0.39 is 17.6 Å². The number of halogens is 2. The highest BCUT2D eigenvalue weighted by atomic mass is 19.2. The number of anilines is 1. The van der Waals surface area contributed by atoms with Gasteiger partial charge < -0.3 is 24.1 Å². The largest absolute Gasteiger partial charge is 0.489 e. The summed E-state index contributed by atoms with van der Waals surface area (Å²) in [6.07, 6.45) is 1.32. The van der Waals surface area contributed by atoms with Crippen LogP contribution in [0.1, 0.15) is 5.56 Å². The number of benzene rings is 3. The van der Waals surface area contributed by atoms with Crippen molar-refractivity contribution in [2.45, 2.75) is 6.61 Å². The van der Waals surface area contributed by atoms with Crippen LogP contribution in [0, 0.1) is 11.6 Å². The third kappa shape index (κ3) is 5.46. The molecule has 3 aromatic carbocycles. The van der Waals surface area contributed by atoms with Crippen molar-refractivity contribution >= 4 is 28.5 Å². The first-order chi connectivity index (χ1) is 17.2. The molecule has 0 atom stereocenters. The normalized spacial score (nSPS) is 10.9. The van der Waals surface area contributed by atoms with E-state index in [1.807, 2.05) is 6.07 Å². The third-order valence-corrected chi connectivity index (χ3v) is 5.62. The van der Waals surface area contributed by atoms with Gasteiger partial charge in [0.1, 0.15) is 24.5 Å². The molecule has 4 rings (SSSR count). The SMILES string of the molecule is CN(C)C(=O)CN(CC(=O)O)c1cccc(COc2ccc(-c3cc(F)c(F)c4ccoc34)cc2)c1. The fraction of sp³-hybridized carbons (Fsp3) is 0.185. The second-order valence-corrected chi connectivity index (χ2v) is 8.40. The highest BCUT2D eigenvalue weighted by molar-refractivity contribution is 5.93. The Morgan fingerprint density at radius 1 is 1.00 bits per heavy atom. The lowest BCUT2D eigenvalue weighted by molar-refractivity contribution is -0.135. The molecule has 1 N–H and O–H groups in total. The minimum atomic E-state index is -1.05. The molecule has 0 saturated carbocycles. The molecule has 0 unspecified atom stereocenters. The average Bonchev–Trinajstić information content (AvgIpc) is 3.35. The van der Waals surface area contributed by atoms with Gasteiger partial charge in [0.15, 0.2) is 11.6 Å². The van der Waals surface area contributed by atoms with E-state index in [9.17, 15) is 23.5 Å². The van der Waals surface area contributed by atoms with Crippen molar-refractivity contribution in [1.82, 2.24) is 4.90 Å². The molecule has 1 amide bonds. The first kappa shape index (κ1) is 24.7. The topological polar surface area (TPSA) is 83.2 Å². The number of rotatable bonds is 9. The van der Waals surface area contributed by atoms with Crippen LogP contribution < -0.4 is 9.64 Å². The number of furan rings is 1. The maximum atomic E-state index is 14.0. The first-order valence-electron chi connectivity index (χ1n) is 11.1. The Labute approximate surface area is 206 Å². The summed E-state index contributed by atoms with van der Waals surface area (Å²) in [5, 5.41) is 9.34. The number of carboxylic acids is 1. The van der Waals surface area contributed by atoms with E-state index in [1.165, 1.54) is 22.1 Å². The van der Waals surface area contributed by atoms with Crippen LogP contribution in [-0.4, -0.2) is 49.1 Å². The van der Waals surface area contributed by atoms with Crippen molar-refractivity contribution in [3.8, 4) is 16.9 Å². The van der Waals surface area contributed by atoms with Gasteiger partial charge in [-0.1, -0.05) is 24.3 Å². The van der Waals surface area contributed by atoms with Crippen molar-refractivity contribution in [1.29, 1.82) is 0 Å². The number of carbonyl (C=O) groups is 2. The van der Waals surface area contributed by atoms with Crippen LogP contribution in [0.15, 0.2) is 71.3 Å². The zero-order valence-corrected chi connectivity index (χ0v) is 19.7. The maximum Gasteiger partial charge on any atom is 0.323 e. The number of fused-ring (bicyclic) bond motifs is 1. The van der Waals surface area contributed by atoms with Crippen molar-refractivity contribution < 1.29 is 32.6 Å². The molecule has 186 valence electrons. The van der Waals surface area contributed by atoms with E-state index in [2.05, 4.69) is 0 Å². The lowest BCUT2D eigenvalue weighted by Crippen LogP contribution is -2.39. The van der Waals surface area contributed by atoms with Gasteiger partial charge in [-0.25, -0.2) is 8.78 Å². The van der Waals surface area contributed by atoms with E-state index in [0.29, 0.717) is 22.6 Å². The van der Waals surface area contributed by atoms with E-state index in [1.54, 1.807) is 56.6 Å². The number of likely N-dealkylation sites (N-methyl/N-ethyl adjacent to an activating group) is 1.